The fourth-order valence-corrected chi connectivity index (χ4v) is 3.78. The molecule has 2 amide bonds. The van der Waals surface area contributed by atoms with Crippen molar-refractivity contribution in [3.05, 3.63) is 64.2 Å². The number of benzene rings is 1. The van der Waals surface area contributed by atoms with Crippen LogP contribution in [0.15, 0.2) is 48.1 Å². The van der Waals surface area contributed by atoms with Gasteiger partial charge in [-0.1, -0.05) is 12.1 Å². The number of thiazole rings is 1. The summed E-state index contributed by atoms with van der Waals surface area (Å²) >= 11 is 1.56. The molecule has 0 aliphatic carbocycles. The van der Waals surface area contributed by atoms with Gasteiger partial charge in [0.1, 0.15) is 5.75 Å². The Balaban J connectivity index is 1.49. The fourth-order valence-electron chi connectivity index (χ4n) is 3.16. The Morgan fingerprint density at radius 1 is 1.30 bits per heavy atom. The lowest BCUT2D eigenvalue weighted by Crippen LogP contribution is -2.40. The highest BCUT2D eigenvalue weighted by Gasteiger charge is 2.26. The molecule has 2 N–H and O–H groups in total. The number of nitrogens with zero attached hydrogens (tertiary/aromatic N) is 3. The fraction of sp³-hybridized carbons (Fsp3) is 0.238. The molecule has 9 heteroatoms. The van der Waals surface area contributed by atoms with Gasteiger partial charge in [-0.15, -0.1) is 11.3 Å². The number of hydrogen-bond acceptors (Lipinski definition) is 7. The highest BCUT2D eigenvalue weighted by molar-refractivity contribution is 7.09. The second-order valence-electron chi connectivity index (χ2n) is 6.70. The van der Waals surface area contributed by atoms with Gasteiger partial charge in [-0.05, 0) is 23.8 Å². The second-order valence-corrected chi connectivity index (χ2v) is 7.68. The molecule has 0 unspecified atom stereocenters. The lowest BCUT2D eigenvalue weighted by molar-refractivity contribution is -0.117. The van der Waals surface area contributed by atoms with Crippen molar-refractivity contribution in [3.63, 3.8) is 0 Å². The van der Waals surface area contributed by atoms with Crippen LogP contribution in [0, 0.1) is 0 Å². The van der Waals surface area contributed by atoms with E-state index in [-0.39, 0.29) is 18.4 Å². The minimum absolute atomic E-state index is 0.0820. The van der Waals surface area contributed by atoms with Crippen LogP contribution in [-0.4, -0.2) is 42.0 Å². The minimum Gasteiger partial charge on any atom is -0.497 e. The molecule has 154 valence electrons. The van der Waals surface area contributed by atoms with Crippen molar-refractivity contribution in [2.75, 3.05) is 30.4 Å². The maximum atomic E-state index is 12.6. The molecule has 0 atom stereocenters. The number of rotatable bonds is 7. The number of fused-ring (bicyclic) bond motifs is 1. The van der Waals surface area contributed by atoms with Gasteiger partial charge in [0.15, 0.2) is 5.82 Å². The largest absolute Gasteiger partial charge is 0.497 e. The summed E-state index contributed by atoms with van der Waals surface area (Å²) in [6.07, 6.45) is 3.94. The molecular weight excluding hydrogens is 402 g/mol. The highest BCUT2D eigenvalue weighted by atomic mass is 32.1. The maximum Gasteiger partial charge on any atom is 0.252 e. The molecule has 3 heterocycles. The summed E-state index contributed by atoms with van der Waals surface area (Å²) in [7, 11) is 1.61. The van der Waals surface area contributed by atoms with Gasteiger partial charge in [0.25, 0.3) is 5.91 Å². The average Bonchev–Trinajstić information content (AvgIpc) is 3.29. The van der Waals surface area contributed by atoms with E-state index in [1.54, 1.807) is 35.6 Å². The van der Waals surface area contributed by atoms with E-state index in [1.807, 2.05) is 29.6 Å². The molecule has 0 bridgehead atoms. The Morgan fingerprint density at radius 2 is 2.13 bits per heavy atom. The predicted molar refractivity (Wildman–Crippen MR) is 115 cm³/mol. The first kappa shape index (κ1) is 19.8. The zero-order chi connectivity index (χ0) is 20.9. The van der Waals surface area contributed by atoms with Crippen LogP contribution in [0.4, 0.5) is 11.5 Å². The minimum atomic E-state index is -0.232. The molecule has 0 saturated carbocycles. The summed E-state index contributed by atoms with van der Waals surface area (Å²) < 4.78 is 5.19. The number of hydrogen-bond donors (Lipinski definition) is 2. The number of aromatic nitrogens is 2. The van der Waals surface area contributed by atoms with Crippen molar-refractivity contribution in [2.24, 2.45) is 0 Å². The molecule has 3 aromatic rings. The second kappa shape index (κ2) is 8.91. The monoisotopic (exact) mass is 423 g/mol. The van der Waals surface area contributed by atoms with Gasteiger partial charge in [0.05, 0.1) is 36.5 Å². The van der Waals surface area contributed by atoms with Crippen molar-refractivity contribution in [3.8, 4) is 5.75 Å². The number of carbonyl (C=O) groups excluding carboxylic acids is 2. The number of ether oxygens (including phenoxy) is 1. The van der Waals surface area contributed by atoms with Gasteiger partial charge in [-0.2, -0.15) is 0 Å². The molecule has 1 aliphatic heterocycles. The van der Waals surface area contributed by atoms with Crippen molar-refractivity contribution >= 4 is 34.7 Å². The van der Waals surface area contributed by atoms with E-state index in [0.717, 1.165) is 16.3 Å². The number of nitrogens with one attached hydrogen (secondary N) is 2. The third-order valence-electron chi connectivity index (χ3n) is 4.74. The van der Waals surface area contributed by atoms with Crippen molar-refractivity contribution in [1.29, 1.82) is 0 Å². The van der Waals surface area contributed by atoms with Crippen molar-refractivity contribution in [2.45, 2.75) is 13.0 Å². The first-order valence-corrected chi connectivity index (χ1v) is 10.4. The predicted octanol–water partition coefficient (Wildman–Crippen LogP) is 2.48. The highest BCUT2D eigenvalue weighted by Crippen LogP contribution is 2.30. The third kappa shape index (κ3) is 4.41. The Bertz CT molecular complexity index is 1040. The van der Waals surface area contributed by atoms with Crippen molar-refractivity contribution in [1.82, 2.24) is 15.3 Å². The lowest BCUT2D eigenvalue weighted by atomic mass is 10.1. The molecule has 0 radical (unpaired) electrons. The number of carbonyl (C=O) groups is 2. The zero-order valence-electron chi connectivity index (χ0n) is 16.4. The summed E-state index contributed by atoms with van der Waals surface area (Å²) in [6, 6.07) is 9.24. The first-order chi connectivity index (χ1) is 14.6. The molecule has 1 aromatic carbocycles. The van der Waals surface area contributed by atoms with E-state index in [0.29, 0.717) is 36.6 Å². The van der Waals surface area contributed by atoms with Gasteiger partial charge in [0.2, 0.25) is 5.91 Å². The van der Waals surface area contributed by atoms with Crippen LogP contribution >= 0.6 is 11.3 Å². The SMILES string of the molecule is COc1ccc(CN2C(=O)CNc3ncc(C(=O)NCCc4nccs4)cc32)cc1. The van der Waals surface area contributed by atoms with Crippen molar-refractivity contribution < 1.29 is 14.3 Å². The zero-order valence-corrected chi connectivity index (χ0v) is 17.2. The normalized spacial score (nSPS) is 12.8. The average molecular weight is 423 g/mol. The Morgan fingerprint density at radius 3 is 2.87 bits per heavy atom. The lowest BCUT2D eigenvalue weighted by Gasteiger charge is -2.29. The van der Waals surface area contributed by atoms with E-state index in [4.69, 9.17) is 4.74 Å². The van der Waals surface area contributed by atoms with E-state index < -0.39 is 0 Å². The standard InChI is InChI=1S/C21H21N5O3S/c1-29-16-4-2-14(3-5-16)13-26-17-10-15(11-24-20(17)25-12-19(26)27)21(28)23-7-6-18-22-8-9-30-18/h2-5,8-11H,6-7,12-13H2,1H3,(H,23,28)(H,24,25). The topological polar surface area (TPSA) is 96.5 Å². The van der Waals surface area contributed by atoms with Crippen LogP contribution in [0.2, 0.25) is 0 Å². The first-order valence-electron chi connectivity index (χ1n) is 9.48. The smallest absolute Gasteiger partial charge is 0.252 e. The summed E-state index contributed by atoms with van der Waals surface area (Å²) in [4.78, 5) is 35.4. The van der Waals surface area contributed by atoms with Gasteiger partial charge < -0.3 is 20.3 Å². The van der Waals surface area contributed by atoms with E-state index in [9.17, 15) is 9.59 Å². The molecule has 8 nitrogen and oxygen atoms in total. The third-order valence-corrected chi connectivity index (χ3v) is 5.58. The summed E-state index contributed by atoms with van der Waals surface area (Å²) in [5, 5.41) is 8.78. The maximum absolute atomic E-state index is 12.6. The molecule has 4 rings (SSSR count). The van der Waals surface area contributed by atoms with Gasteiger partial charge in [0, 0.05) is 30.7 Å². The van der Waals surface area contributed by atoms with Gasteiger partial charge >= 0.3 is 0 Å². The Kier molecular flexibility index (Phi) is 5.89. The molecule has 0 fully saturated rings. The Hall–Kier alpha value is -3.46. The summed E-state index contributed by atoms with van der Waals surface area (Å²) in [5.41, 5.74) is 1.95. The number of methoxy groups -OCH3 is 1. The van der Waals surface area contributed by atoms with Crippen LogP contribution in [-0.2, 0) is 17.8 Å². The van der Waals surface area contributed by atoms with Crippen LogP contribution in [0.3, 0.4) is 0 Å². The van der Waals surface area contributed by atoms with Crippen LogP contribution in [0.1, 0.15) is 20.9 Å². The van der Waals surface area contributed by atoms with Crippen LogP contribution in [0.5, 0.6) is 5.75 Å². The molecule has 30 heavy (non-hydrogen) atoms. The number of pyridine rings is 1. The van der Waals surface area contributed by atoms with Gasteiger partial charge in [-0.25, -0.2) is 9.97 Å². The van der Waals surface area contributed by atoms with Crippen LogP contribution in [0.25, 0.3) is 0 Å². The molecular formula is C21H21N5O3S. The molecule has 0 spiro atoms. The van der Waals surface area contributed by atoms with Crippen LogP contribution < -0.4 is 20.3 Å². The van der Waals surface area contributed by atoms with E-state index in [2.05, 4.69) is 20.6 Å². The van der Waals surface area contributed by atoms with E-state index >= 15 is 0 Å². The molecule has 0 saturated heterocycles. The van der Waals surface area contributed by atoms with Gasteiger partial charge in [-0.3, -0.25) is 9.59 Å². The number of anilines is 2. The number of amides is 2. The van der Waals surface area contributed by atoms with E-state index in [1.165, 1.54) is 6.20 Å². The quantitative estimate of drug-likeness (QED) is 0.606. The summed E-state index contributed by atoms with van der Waals surface area (Å²) in [5.74, 6) is 1.03. The Labute approximate surface area is 177 Å². The molecule has 2 aromatic heterocycles. The molecule has 1 aliphatic rings. The summed E-state index contributed by atoms with van der Waals surface area (Å²) in [6.45, 7) is 1.03.